The Morgan fingerprint density at radius 2 is 2.05 bits per heavy atom. The van der Waals surface area contributed by atoms with E-state index in [-0.39, 0.29) is 25.7 Å². The van der Waals surface area contributed by atoms with Crippen molar-refractivity contribution in [2.24, 2.45) is 5.41 Å². The number of hydrogen-bond acceptors (Lipinski definition) is 4. The number of carboxylic acids is 1. The van der Waals surface area contributed by atoms with Crippen molar-refractivity contribution in [2.45, 2.75) is 6.42 Å². The van der Waals surface area contributed by atoms with Gasteiger partial charge in [0.1, 0.15) is 11.2 Å². The Balaban J connectivity index is 1.91. The second-order valence-corrected chi connectivity index (χ2v) is 6.24. The molecule has 1 aromatic rings. The van der Waals surface area contributed by atoms with Gasteiger partial charge >= 0.3 is 5.97 Å². The molecule has 7 heteroatoms. The Morgan fingerprint density at radius 1 is 1.36 bits per heavy atom. The van der Waals surface area contributed by atoms with Gasteiger partial charge in [-0.15, -0.1) is 0 Å². The smallest absolute Gasteiger partial charge is 0.313 e. The second kappa shape index (κ2) is 7.11. The summed E-state index contributed by atoms with van der Waals surface area (Å²) >= 11 is 3.32. The third-order valence-corrected chi connectivity index (χ3v) is 4.29. The molecule has 1 amide bonds. The summed E-state index contributed by atoms with van der Waals surface area (Å²) in [6.45, 7) is 0.543. The van der Waals surface area contributed by atoms with Crippen LogP contribution in [0.25, 0.3) is 0 Å². The molecule has 22 heavy (non-hydrogen) atoms. The van der Waals surface area contributed by atoms with Gasteiger partial charge in [-0.2, -0.15) is 0 Å². The molecule has 0 bridgehead atoms. The topological polar surface area (TPSA) is 76.1 Å². The van der Waals surface area contributed by atoms with Crippen LogP contribution >= 0.6 is 15.9 Å². The van der Waals surface area contributed by atoms with Crippen molar-refractivity contribution in [2.75, 3.05) is 33.4 Å². The average Bonchev–Trinajstić information content (AvgIpc) is 2.92. The maximum absolute atomic E-state index is 12.2. The largest absolute Gasteiger partial charge is 0.484 e. The van der Waals surface area contributed by atoms with Gasteiger partial charge in [0.25, 0.3) is 5.91 Å². The molecule has 1 atom stereocenters. The number of halogens is 1. The number of ether oxygens (including phenoxy) is 2. The molecule has 1 saturated heterocycles. The second-order valence-electron chi connectivity index (χ2n) is 5.33. The summed E-state index contributed by atoms with van der Waals surface area (Å²) < 4.78 is 11.4. The van der Waals surface area contributed by atoms with E-state index in [2.05, 4.69) is 15.9 Å². The van der Waals surface area contributed by atoms with Gasteiger partial charge in [-0.1, -0.05) is 15.9 Å². The number of nitrogens with zero attached hydrogens (tertiary/aromatic N) is 1. The summed E-state index contributed by atoms with van der Waals surface area (Å²) in [6, 6.07) is 7.16. The third kappa shape index (κ3) is 3.78. The molecule has 0 radical (unpaired) electrons. The number of hydrogen-bond donors (Lipinski definition) is 1. The van der Waals surface area contributed by atoms with E-state index in [9.17, 15) is 14.7 Å². The minimum atomic E-state index is -1.01. The van der Waals surface area contributed by atoms with Crippen molar-refractivity contribution in [3.63, 3.8) is 0 Å². The van der Waals surface area contributed by atoms with Crippen molar-refractivity contribution < 1.29 is 24.2 Å². The molecule has 1 aliphatic heterocycles. The lowest BCUT2D eigenvalue weighted by Gasteiger charge is -2.23. The number of methoxy groups -OCH3 is 1. The molecule has 6 nitrogen and oxygen atoms in total. The highest BCUT2D eigenvalue weighted by molar-refractivity contribution is 9.10. The van der Waals surface area contributed by atoms with E-state index >= 15 is 0 Å². The van der Waals surface area contributed by atoms with Crippen molar-refractivity contribution in [3.8, 4) is 5.75 Å². The Hall–Kier alpha value is -1.60. The van der Waals surface area contributed by atoms with Crippen LogP contribution in [0.1, 0.15) is 6.42 Å². The molecule has 1 aliphatic rings. The lowest BCUT2D eigenvalue weighted by molar-refractivity contribution is -0.151. The van der Waals surface area contributed by atoms with E-state index < -0.39 is 11.4 Å². The van der Waals surface area contributed by atoms with Crippen LogP contribution in [-0.4, -0.2) is 55.3 Å². The number of carbonyl (C=O) groups excluding carboxylic acids is 1. The van der Waals surface area contributed by atoms with Crippen molar-refractivity contribution in [1.29, 1.82) is 0 Å². The van der Waals surface area contributed by atoms with Crippen LogP contribution < -0.4 is 4.74 Å². The maximum atomic E-state index is 12.2. The molecule has 0 saturated carbocycles. The summed E-state index contributed by atoms with van der Waals surface area (Å²) in [7, 11) is 1.46. The predicted molar refractivity (Wildman–Crippen MR) is 82.8 cm³/mol. The lowest BCUT2D eigenvalue weighted by atomic mass is 9.88. The fourth-order valence-corrected chi connectivity index (χ4v) is 2.75. The summed E-state index contributed by atoms with van der Waals surface area (Å²) in [5.74, 6) is -0.558. The highest BCUT2D eigenvalue weighted by Gasteiger charge is 2.46. The molecule has 1 fully saturated rings. The zero-order chi connectivity index (χ0) is 16.2. The Morgan fingerprint density at radius 3 is 2.64 bits per heavy atom. The molecular formula is C15H18BrNO5. The number of likely N-dealkylation sites (tertiary alicyclic amines) is 1. The molecular weight excluding hydrogens is 354 g/mol. The van der Waals surface area contributed by atoms with Crippen molar-refractivity contribution in [3.05, 3.63) is 28.7 Å². The van der Waals surface area contributed by atoms with E-state index in [1.807, 2.05) is 12.1 Å². The maximum Gasteiger partial charge on any atom is 0.313 e. The monoisotopic (exact) mass is 371 g/mol. The molecule has 0 spiro atoms. The molecule has 0 aliphatic carbocycles. The van der Waals surface area contributed by atoms with Crippen LogP contribution in [0.5, 0.6) is 5.75 Å². The summed E-state index contributed by atoms with van der Waals surface area (Å²) in [6.07, 6.45) is 0.389. The average molecular weight is 372 g/mol. The number of amides is 1. The van der Waals surface area contributed by atoms with Crippen LogP contribution in [0.4, 0.5) is 0 Å². The summed E-state index contributed by atoms with van der Waals surface area (Å²) in [4.78, 5) is 25.1. The summed E-state index contributed by atoms with van der Waals surface area (Å²) in [5.41, 5.74) is -1.01. The number of benzene rings is 1. The fraction of sp³-hybridized carbons (Fsp3) is 0.467. The normalized spacial score (nSPS) is 20.9. The number of aliphatic carboxylic acids is 1. The number of carbonyl (C=O) groups is 2. The van der Waals surface area contributed by atoms with Crippen LogP contribution in [0, 0.1) is 5.41 Å². The first-order valence-electron chi connectivity index (χ1n) is 6.85. The van der Waals surface area contributed by atoms with Gasteiger partial charge in [-0.25, -0.2) is 0 Å². The third-order valence-electron chi connectivity index (χ3n) is 3.76. The van der Waals surface area contributed by atoms with Crippen LogP contribution in [0.2, 0.25) is 0 Å². The van der Waals surface area contributed by atoms with Gasteiger partial charge in [0.2, 0.25) is 0 Å². The van der Waals surface area contributed by atoms with E-state index in [0.717, 1.165) is 4.47 Å². The SMILES string of the molecule is COCC1(C(=O)O)CCN(C(=O)COc2ccc(Br)cc2)C1. The number of carboxylic acid groups (broad SMARTS) is 1. The zero-order valence-electron chi connectivity index (χ0n) is 12.3. The molecule has 1 heterocycles. The molecule has 1 aromatic carbocycles. The minimum Gasteiger partial charge on any atom is -0.484 e. The van der Waals surface area contributed by atoms with Gasteiger partial charge in [0.15, 0.2) is 6.61 Å². The Bertz CT molecular complexity index is 547. The lowest BCUT2D eigenvalue weighted by Crippen LogP contribution is -2.41. The van der Waals surface area contributed by atoms with E-state index in [1.165, 1.54) is 12.0 Å². The van der Waals surface area contributed by atoms with E-state index in [4.69, 9.17) is 9.47 Å². The van der Waals surface area contributed by atoms with Gasteiger partial charge in [0.05, 0.1) is 6.61 Å². The minimum absolute atomic E-state index is 0.0969. The summed E-state index contributed by atoms with van der Waals surface area (Å²) in [5, 5.41) is 9.37. The first-order chi connectivity index (χ1) is 10.5. The molecule has 120 valence electrons. The Kier molecular flexibility index (Phi) is 5.42. The van der Waals surface area contributed by atoms with Gasteiger partial charge in [-0.3, -0.25) is 9.59 Å². The molecule has 1 N–H and O–H groups in total. The number of rotatable bonds is 6. The fourth-order valence-electron chi connectivity index (χ4n) is 2.48. The van der Waals surface area contributed by atoms with Crippen LogP contribution in [0.3, 0.4) is 0 Å². The van der Waals surface area contributed by atoms with Crippen molar-refractivity contribution >= 4 is 27.8 Å². The molecule has 1 unspecified atom stereocenters. The van der Waals surface area contributed by atoms with E-state index in [1.54, 1.807) is 12.1 Å². The van der Waals surface area contributed by atoms with Gasteiger partial charge in [0, 0.05) is 24.7 Å². The zero-order valence-corrected chi connectivity index (χ0v) is 13.8. The van der Waals surface area contributed by atoms with Crippen molar-refractivity contribution in [1.82, 2.24) is 4.90 Å². The highest BCUT2D eigenvalue weighted by Crippen LogP contribution is 2.31. The van der Waals surface area contributed by atoms with Gasteiger partial charge < -0.3 is 19.5 Å². The Labute approximate surface area is 137 Å². The standard InChI is InChI=1S/C15H18BrNO5/c1-21-10-15(14(19)20)6-7-17(9-15)13(18)8-22-12-4-2-11(16)3-5-12/h2-5H,6-10H2,1H3,(H,19,20). The molecule has 2 rings (SSSR count). The first kappa shape index (κ1) is 16.8. The van der Waals surface area contributed by atoms with Gasteiger partial charge in [-0.05, 0) is 30.7 Å². The molecule has 0 aromatic heterocycles. The predicted octanol–water partition coefficient (Wildman–Crippen LogP) is 1.78. The van der Waals surface area contributed by atoms with Crippen LogP contribution in [0.15, 0.2) is 28.7 Å². The highest BCUT2D eigenvalue weighted by atomic mass is 79.9. The van der Waals surface area contributed by atoms with E-state index in [0.29, 0.717) is 18.7 Å². The quantitative estimate of drug-likeness (QED) is 0.824. The first-order valence-corrected chi connectivity index (χ1v) is 7.65. The van der Waals surface area contributed by atoms with Crippen LogP contribution in [-0.2, 0) is 14.3 Å².